The number of alkyl halides is 3. The first kappa shape index (κ1) is 17.0. The lowest BCUT2D eigenvalue weighted by molar-refractivity contribution is -0.0617. The largest absolute Gasteiger partial charge is 0.465 e. The fourth-order valence-corrected chi connectivity index (χ4v) is 1.68. The maximum absolute atomic E-state index is 12.8. The van der Waals surface area contributed by atoms with Gasteiger partial charge in [-0.1, -0.05) is 12.1 Å². The molecule has 0 fully saturated rings. The maximum Gasteiger partial charge on any atom is 0.431 e. The lowest BCUT2D eigenvalue weighted by atomic mass is 10.1. The molecule has 0 atom stereocenters. The minimum absolute atomic E-state index is 0.188. The Balaban J connectivity index is 2.75. The van der Waals surface area contributed by atoms with Crippen molar-refractivity contribution >= 4 is 11.7 Å². The van der Waals surface area contributed by atoms with Crippen LogP contribution in [0.5, 0.6) is 0 Å². The molecule has 116 valence electrons. The second-order valence-corrected chi connectivity index (χ2v) is 4.58. The van der Waals surface area contributed by atoms with Gasteiger partial charge in [0.15, 0.2) is 0 Å². The van der Waals surface area contributed by atoms with Crippen molar-refractivity contribution in [3.8, 4) is 0 Å². The predicted octanol–water partition coefficient (Wildman–Crippen LogP) is 2.89. The summed E-state index contributed by atoms with van der Waals surface area (Å²) in [5.41, 5.74) is 0.224. The molecule has 7 heteroatoms. The molecule has 0 unspecified atom stereocenters. The van der Waals surface area contributed by atoms with Gasteiger partial charge in [-0.2, -0.15) is 18.3 Å². The Morgan fingerprint density at radius 3 is 2.24 bits per heavy atom. The van der Waals surface area contributed by atoms with Gasteiger partial charge >= 0.3 is 12.1 Å². The Kier molecular flexibility index (Phi) is 5.75. The Hall–Kier alpha value is -2.05. The number of carbonyl (C=O) groups excluding carboxylic acids is 1. The summed E-state index contributed by atoms with van der Waals surface area (Å²) in [6.45, 7) is 0. The first-order chi connectivity index (χ1) is 9.74. The molecule has 0 radical (unpaired) electrons. The molecule has 0 bridgehead atoms. The van der Waals surface area contributed by atoms with Crippen molar-refractivity contribution < 1.29 is 22.7 Å². The van der Waals surface area contributed by atoms with Crippen LogP contribution in [-0.2, 0) is 11.2 Å². The van der Waals surface area contributed by atoms with Crippen LogP contribution in [0.15, 0.2) is 29.4 Å². The van der Waals surface area contributed by atoms with Gasteiger partial charge in [0.05, 0.1) is 12.7 Å². The van der Waals surface area contributed by atoms with E-state index in [0.717, 1.165) is 5.01 Å². The number of carbonyl (C=O) groups is 1. The zero-order valence-electron chi connectivity index (χ0n) is 12.1. The summed E-state index contributed by atoms with van der Waals surface area (Å²) in [5, 5.41) is 4.60. The van der Waals surface area contributed by atoms with Gasteiger partial charge in [-0.25, -0.2) is 4.79 Å². The van der Waals surface area contributed by atoms with E-state index in [1.165, 1.54) is 33.3 Å². The lowest BCUT2D eigenvalue weighted by Gasteiger charge is -2.13. The minimum Gasteiger partial charge on any atom is -0.465 e. The number of hydrogen-bond donors (Lipinski definition) is 0. The fraction of sp³-hybridized carbons (Fsp3) is 0.429. The van der Waals surface area contributed by atoms with Crippen molar-refractivity contribution in [3.05, 3.63) is 35.4 Å². The van der Waals surface area contributed by atoms with E-state index in [2.05, 4.69) is 9.84 Å². The number of hydrogen-bond acceptors (Lipinski definition) is 4. The van der Waals surface area contributed by atoms with E-state index in [1.807, 2.05) is 0 Å². The van der Waals surface area contributed by atoms with E-state index in [9.17, 15) is 18.0 Å². The number of benzene rings is 1. The maximum atomic E-state index is 12.8. The monoisotopic (exact) mass is 302 g/mol. The summed E-state index contributed by atoms with van der Waals surface area (Å²) in [7, 11) is 4.15. The molecule has 0 spiro atoms. The van der Waals surface area contributed by atoms with Crippen molar-refractivity contribution in [1.29, 1.82) is 0 Å². The summed E-state index contributed by atoms with van der Waals surface area (Å²) < 4.78 is 42.9. The average Bonchev–Trinajstić information content (AvgIpc) is 2.41. The normalized spacial score (nSPS) is 12.2. The van der Waals surface area contributed by atoms with Crippen molar-refractivity contribution in [2.45, 2.75) is 19.0 Å². The third-order valence-corrected chi connectivity index (χ3v) is 2.67. The first-order valence-electron chi connectivity index (χ1n) is 6.23. The number of nitrogens with zero attached hydrogens (tertiary/aromatic N) is 2. The van der Waals surface area contributed by atoms with Gasteiger partial charge in [-0.3, -0.25) is 0 Å². The molecule has 0 N–H and O–H groups in total. The number of esters is 1. The molecule has 0 saturated carbocycles. The molecular weight excluding hydrogens is 285 g/mol. The van der Waals surface area contributed by atoms with Crippen molar-refractivity contribution in [2.24, 2.45) is 5.10 Å². The van der Waals surface area contributed by atoms with Crippen LogP contribution in [0.2, 0.25) is 0 Å². The van der Waals surface area contributed by atoms with Crippen molar-refractivity contribution in [2.75, 3.05) is 21.2 Å². The average molecular weight is 302 g/mol. The minimum atomic E-state index is -4.45. The Morgan fingerprint density at radius 1 is 1.24 bits per heavy atom. The highest BCUT2D eigenvalue weighted by Gasteiger charge is 2.35. The van der Waals surface area contributed by atoms with Crippen LogP contribution >= 0.6 is 0 Å². The lowest BCUT2D eigenvalue weighted by Crippen LogP contribution is -2.26. The molecule has 0 amide bonds. The standard InChI is InChI=1S/C14H17F3N2O2/c1-19(2)18-12(14(15,16)17)9-6-10-4-7-11(8-5-10)13(20)21-3/h4-5,7-8H,6,9H2,1-3H3. The molecule has 0 aliphatic carbocycles. The molecule has 0 aliphatic heterocycles. The van der Waals surface area contributed by atoms with E-state index in [-0.39, 0.29) is 12.8 Å². The van der Waals surface area contributed by atoms with E-state index in [1.54, 1.807) is 12.1 Å². The zero-order valence-corrected chi connectivity index (χ0v) is 12.1. The van der Waals surface area contributed by atoms with Crippen LogP contribution in [0.3, 0.4) is 0 Å². The summed E-state index contributed by atoms with van der Waals surface area (Å²) in [4.78, 5) is 11.2. The number of methoxy groups -OCH3 is 1. The fourth-order valence-electron chi connectivity index (χ4n) is 1.68. The molecule has 0 aliphatic rings. The van der Waals surface area contributed by atoms with Crippen LogP contribution in [0.25, 0.3) is 0 Å². The van der Waals surface area contributed by atoms with Gasteiger partial charge in [-0.05, 0) is 24.1 Å². The van der Waals surface area contributed by atoms with Crippen molar-refractivity contribution in [3.63, 3.8) is 0 Å². The molecule has 4 nitrogen and oxygen atoms in total. The Labute approximate surface area is 121 Å². The number of rotatable bonds is 5. The highest BCUT2D eigenvalue weighted by Crippen LogP contribution is 2.21. The van der Waals surface area contributed by atoms with Crippen LogP contribution in [-0.4, -0.2) is 44.1 Å². The van der Waals surface area contributed by atoms with Crippen LogP contribution in [0, 0.1) is 0 Å². The highest BCUT2D eigenvalue weighted by molar-refractivity contribution is 5.90. The SMILES string of the molecule is COC(=O)c1ccc(CCC(=NN(C)C)C(F)(F)F)cc1. The van der Waals surface area contributed by atoms with Gasteiger partial charge in [0.25, 0.3) is 0 Å². The van der Waals surface area contributed by atoms with Crippen LogP contribution < -0.4 is 0 Å². The third-order valence-electron chi connectivity index (χ3n) is 2.67. The van der Waals surface area contributed by atoms with Crippen LogP contribution in [0.4, 0.5) is 13.2 Å². The predicted molar refractivity (Wildman–Crippen MR) is 73.3 cm³/mol. The molecule has 1 rings (SSSR count). The topological polar surface area (TPSA) is 41.9 Å². The molecule has 1 aromatic carbocycles. The van der Waals surface area contributed by atoms with Crippen molar-refractivity contribution in [1.82, 2.24) is 5.01 Å². The molecule has 0 heterocycles. The van der Waals surface area contributed by atoms with E-state index in [0.29, 0.717) is 11.1 Å². The molecule has 0 saturated heterocycles. The van der Waals surface area contributed by atoms with E-state index in [4.69, 9.17) is 0 Å². The number of ether oxygens (including phenoxy) is 1. The van der Waals surface area contributed by atoms with Gasteiger partial charge < -0.3 is 9.75 Å². The smallest absolute Gasteiger partial charge is 0.431 e. The Bertz CT molecular complexity index is 508. The number of halogens is 3. The van der Waals surface area contributed by atoms with Gasteiger partial charge in [0.2, 0.25) is 0 Å². The van der Waals surface area contributed by atoms with Crippen LogP contribution in [0.1, 0.15) is 22.3 Å². The summed E-state index contributed by atoms with van der Waals surface area (Å²) in [6.07, 6.45) is -4.48. The first-order valence-corrected chi connectivity index (χ1v) is 6.23. The summed E-state index contributed by atoms with van der Waals surface area (Å²) in [6, 6.07) is 6.26. The molecular formula is C14H17F3N2O2. The summed E-state index contributed by atoms with van der Waals surface area (Å²) in [5.74, 6) is -0.480. The van der Waals surface area contributed by atoms with E-state index < -0.39 is 17.9 Å². The number of aryl methyl sites for hydroxylation is 1. The third kappa shape index (κ3) is 5.45. The van der Waals surface area contributed by atoms with Gasteiger partial charge in [0, 0.05) is 20.5 Å². The molecule has 21 heavy (non-hydrogen) atoms. The molecule has 0 aromatic heterocycles. The number of hydrazone groups is 1. The van der Waals surface area contributed by atoms with Gasteiger partial charge in [0.1, 0.15) is 5.71 Å². The van der Waals surface area contributed by atoms with E-state index >= 15 is 0 Å². The zero-order chi connectivity index (χ0) is 16.0. The Morgan fingerprint density at radius 2 is 1.81 bits per heavy atom. The second kappa shape index (κ2) is 7.10. The molecule has 1 aromatic rings. The second-order valence-electron chi connectivity index (χ2n) is 4.58. The highest BCUT2D eigenvalue weighted by atomic mass is 19.4. The van der Waals surface area contributed by atoms with Gasteiger partial charge in [-0.15, -0.1) is 0 Å². The quantitative estimate of drug-likeness (QED) is 0.477. The summed E-state index contributed by atoms with van der Waals surface area (Å²) >= 11 is 0.